The first-order chi connectivity index (χ1) is 15.2. The SMILES string of the molecule is CCCn1c(C)nc2c(c1=O)c1nc3ccccc3nc1n2-c1ccc2c(c1)OCO2. The summed E-state index contributed by atoms with van der Waals surface area (Å²) < 4.78 is 14.6. The normalized spacial score (nSPS) is 13.0. The highest BCUT2D eigenvalue weighted by Crippen LogP contribution is 2.36. The van der Waals surface area contributed by atoms with Crippen molar-refractivity contribution >= 4 is 33.2 Å². The van der Waals surface area contributed by atoms with Crippen LogP contribution in [0.5, 0.6) is 11.5 Å². The second-order valence-corrected chi connectivity index (χ2v) is 7.57. The van der Waals surface area contributed by atoms with E-state index in [2.05, 4.69) is 0 Å². The Balaban J connectivity index is 1.79. The minimum atomic E-state index is -0.0987. The number of hydrogen-bond donors (Lipinski definition) is 0. The van der Waals surface area contributed by atoms with Gasteiger partial charge < -0.3 is 9.47 Å². The van der Waals surface area contributed by atoms with E-state index in [1.807, 2.05) is 60.9 Å². The van der Waals surface area contributed by atoms with E-state index in [1.54, 1.807) is 4.57 Å². The van der Waals surface area contributed by atoms with Crippen molar-refractivity contribution in [1.82, 2.24) is 24.1 Å². The fourth-order valence-electron chi connectivity index (χ4n) is 4.19. The Morgan fingerprint density at radius 2 is 1.74 bits per heavy atom. The fraction of sp³-hybridized carbons (Fsp3) is 0.217. The molecule has 2 aromatic carbocycles. The van der Waals surface area contributed by atoms with E-state index < -0.39 is 0 Å². The molecule has 1 aliphatic heterocycles. The number of hydrogen-bond acceptors (Lipinski definition) is 6. The quantitative estimate of drug-likeness (QED) is 0.448. The van der Waals surface area contributed by atoms with Crippen LogP contribution in [-0.4, -0.2) is 30.9 Å². The van der Waals surface area contributed by atoms with Gasteiger partial charge in [-0.25, -0.2) is 15.0 Å². The maximum atomic E-state index is 13.5. The van der Waals surface area contributed by atoms with Crippen molar-refractivity contribution in [2.24, 2.45) is 0 Å². The zero-order valence-corrected chi connectivity index (χ0v) is 17.1. The number of benzene rings is 2. The molecule has 8 nitrogen and oxygen atoms in total. The van der Waals surface area contributed by atoms with Gasteiger partial charge in [-0.05, 0) is 37.6 Å². The largest absolute Gasteiger partial charge is 0.454 e. The van der Waals surface area contributed by atoms with E-state index in [9.17, 15) is 4.79 Å². The third-order valence-corrected chi connectivity index (χ3v) is 5.62. The van der Waals surface area contributed by atoms with E-state index in [0.717, 1.165) is 23.1 Å². The molecule has 0 aliphatic carbocycles. The third kappa shape index (κ3) is 2.54. The first-order valence-electron chi connectivity index (χ1n) is 10.2. The minimum Gasteiger partial charge on any atom is -0.454 e. The molecule has 8 heteroatoms. The zero-order valence-electron chi connectivity index (χ0n) is 17.1. The Bertz CT molecular complexity index is 1570. The molecule has 0 spiro atoms. The second-order valence-electron chi connectivity index (χ2n) is 7.57. The lowest BCUT2D eigenvalue weighted by Crippen LogP contribution is -2.24. The molecular formula is C23H19N5O3. The highest BCUT2D eigenvalue weighted by molar-refractivity contribution is 6.05. The van der Waals surface area contributed by atoms with Gasteiger partial charge >= 0.3 is 0 Å². The van der Waals surface area contributed by atoms with Crippen molar-refractivity contribution in [3.63, 3.8) is 0 Å². The molecular weight excluding hydrogens is 394 g/mol. The summed E-state index contributed by atoms with van der Waals surface area (Å²) in [5.74, 6) is 2.00. The summed E-state index contributed by atoms with van der Waals surface area (Å²) in [5.41, 5.74) is 3.86. The molecule has 0 saturated carbocycles. The topological polar surface area (TPSA) is 84.1 Å². The fourth-order valence-corrected chi connectivity index (χ4v) is 4.19. The molecule has 31 heavy (non-hydrogen) atoms. The van der Waals surface area contributed by atoms with Crippen molar-refractivity contribution in [3.05, 3.63) is 58.6 Å². The van der Waals surface area contributed by atoms with Crippen molar-refractivity contribution in [1.29, 1.82) is 0 Å². The highest BCUT2D eigenvalue weighted by atomic mass is 16.7. The first-order valence-corrected chi connectivity index (χ1v) is 10.2. The van der Waals surface area contributed by atoms with Crippen LogP contribution in [0.4, 0.5) is 0 Å². The molecule has 5 aromatic rings. The lowest BCUT2D eigenvalue weighted by atomic mass is 10.2. The van der Waals surface area contributed by atoms with Crippen molar-refractivity contribution < 1.29 is 9.47 Å². The van der Waals surface area contributed by atoms with Gasteiger partial charge in [0.15, 0.2) is 22.8 Å². The van der Waals surface area contributed by atoms with Crippen LogP contribution >= 0.6 is 0 Å². The summed E-state index contributed by atoms with van der Waals surface area (Å²) in [6, 6.07) is 13.3. The van der Waals surface area contributed by atoms with Gasteiger partial charge in [-0.2, -0.15) is 0 Å². The summed E-state index contributed by atoms with van der Waals surface area (Å²) in [5, 5.41) is 0.477. The summed E-state index contributed by atoms with van der Waals surface area (Å²) in [6.45, 7) is 4.69. The molecule has 0 N–H and O–H groups in total. The molecule has 0 fully saturated rings. The van der Waals surface area contributed by atoms with E-state index in [0.29, 0.717) is 46.1 Å². The molecule has 3 aromatic heterocycles. The minimum absolute atomic E-state index is 0.0987. The van der Waals surface area contributed by atoms with Crippen LogP contribution in [0.2, 0.25) is 0 Å². The number of para-hydroxylation sites is 2. The molecule has 0 saturated heterocycles. The smallest absolute Gasteiger partial charge is 0.265 e. The average Bonchev–Trinajstić information content (AvgIpc) is 3.36. The lowest BCUT2D eigenvalue weighted by Gasteiger charge is -2.10. The molecule has 4 heterocycles. The van der Waals surface area contributed by atoms with Gasteiger partial charge in [0.2, 0.25) is 6.79 Å². The Labute approximate surface area is 176 Å². The Morgan fingerprint density at radius 3 is 2.55 bits per heavy atom. The Hall–Kier alpha value is -3.94. The molecule has 1 aliphatic rings. The van der Waals surface area contributed by atoms with Crippen LogP contribution in [0.1, 0.15) is 19.2 Å². The monoisotopic (exact) mass is 413 g/mol. The van der Waals surface area contributed by atoms with Crippen LogP contribution in [0, 0.1) is 6.92 Å². The van der Waals surface area contributed by atoms with Gasteiger partial charge in [-0.1, -0.05) is 19.1 Å². The average molecular weight is 413 g/mol. The van der Waals surface area contributed by atoms with E-state index in [4.69, 9.17) is 24.4 Å². The molecule has 6 rings (SSSR count). The predicted octanol–water partition coefficient (Wildman–Crippen LogP) is 3.73. The van der Waals surface area contributed by atoms with Gasteiger partial charge in [-0.15, -0.1) is 0 Å². The number of ether oxygens (including phenoxy) is 2. The third-order valence-electron chi connectivity index (χ3n) is 5.62. The van der Waals surface area contributed by atoms with Crippen molar-refractivity contribution in [2.75, 3.05) is 6.79 Å². The Kier molecular flexibility index (Phi) is 3.77. The van der Waals surface area contributed by atoms with Crippen LogP contribution < -0.4 is 15.0 Å². The van der Waals surface area contributed by atoms with Gasteiger partial charge in [0.05, 0.1) is 16.7 Å². The molecule has 0 amide bonds. The maximum absolute atomic E-state index is 13.5. The molecule has 0 radical (unpaired) electrons. The van der Waals surface area contributed by atoms with E-state index in [-0.39, 0.29) is 12.4 Å². The van der Waals surface area contributed by atoms with Crippen LogP contribution in [0.25, 0.3) is 38.9 Å². The van der Waals surface area contributed by atoms with Gasteiger partial charge in [0.1, 0.15) is 16.7 Å². The van der Waals surface area contributed by atoms with Crippen molar-refractivity contribution in [3.8, 4) is 17.2 Å². The summed E-state index contributed by atoms with van der Waals surface area (Å²) in [6.07, 6.45) is 0.837. The van der Waals surface area contributed by atoms with Crippen LogP contribution in [-0.2, 0) is 6.54 Å². The molecule has 154 valence electrons. The second kappa shape index (κ2) is 6.53. The van der Waals surface area contributed by atoms with Crippen molar-refractivity contribution in [2.45, 2.75) is 26.8 Å². The molecule has 0 bridgehead atoms. The number of aryl methyl sites for hydroxylation is 1. The highest BCUT2D eigenvalue weighted by Gasteiger charge is 2.23. The first kappa shape index (κ1) is 17.9. The number of fused-ring (bicyclic) bond motifs is 5. The van der Waals surface area contributed by atoms with Gasteiger partial charge in [0.25, 0.3) is 5.56 Å². The standard InChI is InChI=1S/C23H19N5O3/c1-3-10-27-13(2)24-21-19(23(27)29)20-22(26-16-7-5-4-6-15(16)25-20)28(21)14-8-9-17-18(11-14)31-12-30-17/h4-9,11H,3,10,12H2,1-2H3. The summed E-state index contributed by atoms with van der Waals surface area (Å²) in [7, 11) is 0. The van der Waals surface area contributed by atoms with Gasteiger partial charge in [0, 0.05) is 12.6 Å². The van der Waals surface area contributed by atoms with E-state index >= 15 is 0 Å². The number of aromatic nitrogens is 5. The summed E-state index contributed by atoms with van der Waals surface area (Å²) >= 11 is 0. The Morgan fingerprint density at radius 1 is 0.968 bits per heavy atom. The lowest BCUT2D eigenvalue weighted by molar-refractivity contribution is 0.174. The molecule has 0 atom stereocenters. The summed E-state index contributed by atoms with van der Waals surface area (Å²) in [4.78, 5) is 28.0. The maximum Gasteiger partial charge on any atom is 0.265 e. The number of rotatable bonds is 3. The van der Waals surface area contributed by atoms with E-state index in [1.165, 1.54) is 0 Å². The molecule has 0 unspecified atom stereocenters. The predicted molar refractivity (Wildman–Crippen MR) is 117 cm³/mol. The van der Waals surface area contributed by atoms with Crippen LogP contribution in [0.15, 0.2) is 47.3 Å². The zero-order chi connectivity index (χ0) is 21.1. The number of nitrogens with zero attached hydrogens (tertiary/aromatic N) is 5. The van der Waals surface area contributed by atoms with Gasteiger partial charge in [-0.3, -0.25) is 13.9 Å². The van der Waals surface area contributed by atoms with Crippen LogP contribution in [0.3, 0.4) is 0 Å².